The molecule has 1 aromatic rings. The molecule has 2 aliphatic heterocycles. The molecule has 7 nitrogen and oxygen atoms in total. The fraction of sp³-hybridized carbons (Fsp3) is 0.526. The Balaban J connectivity index is 1.60. The Bertz CT molecular complexity index is 772. The Kier molecular flexibility index (Phi) is 5.72. The summed E-state index contributed by atoms with van der Waals surface area (Å²) in [5.74, 6) is -0.0930. The quantitative estimate of drug-likeness (QED) is 0.722. The number of nitrogens with one attached hydrogen (secondary N) is 2. The second-order valence-electron chi connectivity index (χ2n) is 7.43. The molecule has 2 aliphatic rings. The molecule has 0 aliphatic carbocycles. The number of amides is 3. The van der Waals surface area contributed by atoms with Gasteiger partial charge in [-0.1, -0.05) is 11.6 Å². The molecule has 1 unspecified atom stereocenters. The number of rotatable bonds is 4. The molecule has 1 aromatic carbocycles. The van der Waals surface area contributed by atoms with E-state index in [0.717, 1.165) is 18.4 Å². The highest BCUT2D eigenvalue weighted by Crippen LogP contribution is 2.30. The lowest BCUT2D eigenvalue weighted by atomic mass is 9.90. The molecular weight excluding hydrogens is 368 g/mol. The average molecular weight is 393 g/mol. The Labute approximate surface area is 163 Å². The number of nitrogens with two attached hydrogens (primary N) is 1. The normalized spacial score (nSPS) is 19.3. The molecule has 1 saturated heterocycles. The van der Waals surface area contributed by atoms with E-state index in [-0.39, 0.29) is 36.1 Å². The molecule has 0 saturated carbocycles. The number of hydrogen-bond donors (Lipinski definition) is 3. The third kappa shape index (κ3) is 4.25. The lowest BCUT2D eigenvalue weighted by Crippen LogP contribution is -2.49. The van der Waals surface area contributed by atoms with Crippen LogP contribution in [0.1, 0.15) is 42.6 Å². The van der Waals surface area contributed by atoms with Gasteiger partial charge in [0.15, 0.2) is 0 Å². The van der Waals surface area contributed by atoms with Crippen LogP contribution in [-0.4, -0.2) is 47.8 Å². The molecular formula is C19H25ClN4O3. The summed E-state index contributed by atoms with van der Waals surface area (Å²) in [6.07, 6.45) is 1.89. The maximum absolute atomic E-state index is 12.7. The van der Waals surface area contributed by atoms with Crippen molar-refractivity contribution in [3.05, 3.63) is 28.3 Å². The molecule has 4 N–H and O–H groups in total. The number of piperidine rings is 1. The summed E-state index contributed by atoms with van der Waals surface area (Å²) in [4.78, 5) is 37.9. The van der Waals surface area contributed by atoms with Crippen LogP contribution in [0.4, 0.5) is 5.69 Å². The maximum atomic E-state index is 12.7. The van der Waals surface area contributed by atoms with Gasteiger partial charge >= 0.3 is 0 Å². The van der Waals surface area contributed by atoms with Gasteiger partial charge in [0.25, 0.3) is 5.91 Å². The van der Waals surface area contributed by atoms with Crippen LogP contribution < -0.4 is 16.4 Å². The fourth-order valence-electron chi connectivity index (χ4n) is 3.73. The van der Waals surface area contributed by atoms with E-state index in [1.807, 2.05) is 6.92 Å². The second-order valence-corrected chi connectivity index (χ2v) is 7.83. The summed E-state index contributed by atoms with van der Waals surface area (Å²) in [5.41, 5.74) is 7.49. The summed E-state index contributed by atoms with van der Waals surface area (Å²) in [5, 5.41) is 6.06. The van der Waals surface area contributed by atoms with Crippen LogP contribution in [0, 0.1) is 5.92 Å². The molecule has 8 heteroatoms. The third-order valence-electron chi connectivity index (χ3n) is 5.37. The van der Waals surface area contributed by atoms with Gasteiger partial charge in [-0.25, -0.2) is 0 Å². The number of hydrogen-bond acceptors (Lipinski definition) is 4. The fourth-order valence-corrected chi connectivity index (χ4v) is 3.98. The van der Waals surface area contributed by atoms with E-state index in [2.05, 4.69) is 10.6 Å². The maximum Gasteiger partial charge on any atom is 0.253 e. The largest absolute Gasteiger partial charge is 0.349 e. The number of fused-ring (bicyclic) bond motifs is 1. The summed E-state index contributed by atoms with van der Waals surface area (Å²) in [6, 6.07) is 2.78. The van der Waals surface area contributed by atoms with Gasteiger partial charge in [0.05, 0.1) is 23.0 Å². The van der Waals surface area contributed by atoms with Gasteiger partial charge in [0, 0.05) is 24.8 Å². The van der Waals surface area contributed by atoms with E-state index in [0.29, 0.717) is 29.4 Å². The first-order chi connectivity index (χ1) is 12.8. The van der Waals surface area contributed by atoms with E-state index in [9.17, 15) is 14.4 Å². The number of halogens is 1. The van der Waals surface area contributed by atoms with Crippen molar-refractivity contribution in [2.45, 2.75) is 45.2 Å². The number of anilines is 1. The van der Waals surface area contributed by atoms with E-state index < -0.39 is 6.04 Å². The van der Waals surface area contributed by atoms with Crippen molar-refractivity contribution in [2.24, 2.45) is 11.7 Å². The molecule has 2 heterocycles. The Morgan fingerprint density at radius 1 is 1.30 bits per heavy atom. The average Bonchev–Trinajstić information content (AvgIpc) is 2.99. The first-order valence-electron chi connectivity index (χ1n) is 9.23. The van der Waals surface area contributed by atoms with Crippen molar-refractivity contribution < 1.29 is 14.4 Å². The van der Waals surface area contributed by atoms with Crippen molar-refractivity contribution >= 4 is 35.0 Å². The van der Waals surface area contributed by atoms with Crippen molar-refractivity contribution in [1.82, 2.24) is 10.2 Å². The number of carbonyl (C=O) groups excluding carboxylic acids is 3. The number of nitrogens with zero attached hydrogens (tertiary/aromatic N) is 1. The van der Waals surface area contributed by atoms with Gasteiger partial charge < -0.3 is 21.3 Å². The zero-order valence-corrected chi connectivity index (χ0v) is 16.3. The van der Waals surface area contributed by atoms with E-state index >= 15 is 0 Å². The van der Waals surface area contributed by atoms with Crippen LogP contribution in [0.3, 0.4) is 0 Å². The highest BCUT2D eigenvalue weighted by molar-refractivity contribution is 6.34. The standard InChI is InChI=1S/C19H25ClN4O3/c1-10(21)19(27)24-5-3-12(4-6-24)11(2)22-18(26)14-7-13-8-17(25)23-16(13)9-15(14)20/h7,9-12H,3-6,8,21H2,1-2H3,(H,22,26)(H,23,25)/t10-,11?/m0/s1. The highest BCUT2D eigenvalue weighted by Gasteiger charge is 2.29. The number of carbonyl (C=O) groups is 3. The molecule has 3 rings (SSSR count). The van der Waals surface area contributed by atoms with Crippen molar-refractivity contribution in [3.8, 4) is 0 Å². The number of likely N-dealkylation sites (tertiary alicyclic amines) is 1. The van der Waals surface area contributed by atoms with Crippen molar-refractivity contribution in [1.29, 1.82) is 0 Å². The zero-order valence-electron chi connectivity index (χ0n) is 15.5. The minimum atomic E-state index is -0.484. The summed E-state index contributed by atoms with van der Waals surface area (Å²) in [6.45, 7) is 4.97. The summed E-state index contributed by atoms with van der Waals surface area (Å²) < 4.78 is 0. The second kappa shape index (κ2) is 7.86. The molecule has 0 radical (unpaired) electrons. The highest BCUT2D eigenvalue weighted by atomic mass is 35.5. The zero-order chi connectivity index (χ0) is 19.7. The molecule has 27 heavy (non-hydrogen) atoms. The molecule has 0 spiro atoms. The Morgan fingerprint density at radius 2 is 1.96 bits per heavy atom. The van der Waals surface area contributed by atoms with Crippen LogP contribution in [0.15, 0.2) is 12.1 Å². The first kappa shape index (κ1) is 19.6. The predicted molar refractivity (Wildman–Crippen MR) is 104 cm³/mol. The molecule has 146 valence electrons. The monoisotopic (exact) mass is 392 g/mol. The smallest absolute Gasteiger partial charge is 0.253 e. The lowest BCUT2D eigenvalue weighted by molar-refractivity contribution is -0.133. The van der Waals surface area contributed by atoms with Gasteiger partial charge in [-0.05, 0) is 50.3 Å². The summed E-state index contributed by atoms with van der Waals surface area (Å²) in [7, 11) is 0. The molecule has 0 bridgehead atoms. The van der Waals surface area contributed by atoms with Crippen LogP contribution in [0.2, 0.25) is 5.02 Å². The third-order valence-corrected chi connectivity index (χ3v) is 5.68. The number of benzene rings is 1. The van der Waals surface area contributed by atoms with Crippen LogP contribution in [0.5, 0.6) is 0 Å². The molecule has 2 atom stereocenters. The van der Waals surface area contributed by atoms with Crippen LogP contribution in [0.25, 0.3) is 0 Å². The van der Waals surface area contributed by atoms with Crippen molar-refractivity contribution in [2.75, 3.05) is 18.4 Å². The van der Waals surface area contributed by atoms with Gasteiger partial charge in [0.2, 0.25) is 11.8 Å². The topological polar surface area (TPSA) is 105 Å². The van der Waals surface area contributed by atoms with E-state index in [1.54, 1.807) is 24.0 Å². The SMILES string of the molecule is CC(NC(=O)c1cc2c(cc1Cl)NC(=O)C2)C1CCN(C(=O)[C@H](C)N)CC1. The van der Waals surface area contributed by atoms with E-state index in [1.165, 1.54) is 0 Å². The first-order valence-corrected chi connectivity index (χ1v) is 9.61. The molecule has 0 aromatic heterocycles. The van der Waals surface area contributed by atoms with Gasteiger partial charge in [0.1, 0.15) is 0 Å². The van der Waals surface area contributed by atoms with E-state index in [4.69, 9.17) is 17.3 Å². The Morgan fingerprint density at radius 3 is 2.59 bits per heavy atom. The van der Waals surface area contributed by atoms with Gasteiger partial charge in [-0.3, -0.25) is 14.4 Å². The predicted octanol–water partition coefficient (Wildman–Crippen LogP) is 1.54. The Hall–Kier alpha value is -2.12. The molecule has 3 amide bonds. The summed E-state index contributed by atoms with van der Waals surface area (Å²) >= 11 is 6.24. The van der Waals surface area contributed by atoms with Gasteiger partial charge in [-0.15, -0.1) is 0 Å². The van der Waals surface area contributed by atoms with Crippen LogP contribution in [-0.2, 0) is 16.0 Å². The van der Waals surface area contributed by atoms with Crippen molar-refractivity contribution in [3.63, 3.8) is 0 Å². The minimum Gasteiger partial charge on any atom is -0.349 e. The lowest BCUT2D eigenvalue weighted by Gasteiger charge is -2.35. The minimum absolute atomic E-state index is 0.0294. The van der Waals surface area contributed by atoms with Gasteiger partial charge in [-0.2, -0.15) is 0 Å². The van der Waals surface area contributed by atoms with Crippen LogP contribution >= 0.6 is 11.6 Å². The molecule has 1 fully saturated rings.